The normalized spacial score (nSPS) is 16.7. The highest BCUT2D eigenvalue weighted by molar-refractivity contribution is 6.07. The number of rotatable bonds is 3. The van der Waals surface area contributed by atoms with Crippen LogP contribution in [0.3, 0.4) is 0 Å². The first-order valence-electron chi connectivity index (χ1n) is 11.0. The van der Waals surface area contributed by atoms with E-state index in [4.69, 9.17) is 21.9 Å². The van der Waals surface area contributed by atoms with Crippen LogP contribution in [0.15, 0.2) is 47.5 Å². The number of aromatic nitrogens is 2. The van der Waals surface area contributed by atoms with Crippen LogP contribution >= 0.6 is 0 Å². The van der Waals surface area contributed by atoms with Crippen molar-refractivity contribution in [2.75, 3.05) is 37.0 Å². The summed E-state index contributed by atoms with van der Waals surface area (Å²) in [6, 6.07) is 12.5. The second-order valence-corrected chi connectivity index (χ2v) is 8.56. The van der Waals surface area contributed by atoms with Gasteiger partial charge in [0.15, 0.2) is 5.75 Å². The monoisotopic (exact) mass is 458 g/mol. The number of benzene rings is 2. The number of hydrogen-bond acceptors (Lipinski definition) is 9. The molecule has 0 radical (unpaired) electrons. The minimum atomic E-state index is -0.287. The molecular weight excluding hydrogens is 432 g/mol. The van der Waals surface area contributed by atoms with Crippen LogP contribution in [0.5, 0.6) is 11.5 Å². The predicted molar refractivity (Wildman–Crippen MR) is 132 cm³/mol. The third-order valence-corrected chi connectivity index (χ3v) is 6.01. The van der Waals surface area contributed by atoms with Gasteiger partial charge in [-0.2, -0.15) is 4.98 Å². The van der Waals surface area contributed by atoms with Crippen molar-refractivity contribution in [1.29, 1.82) is 0 Å². The maximum Gasteiger partial charge on any atom is 0.244 e. The molecule has 1 fully saturated rings. The van der Waals surface area contributed by atoms with Crippen molar-refractivity contribution >= 4 is 34.9 Å². The lowest BCUT2D eigenvalue weighted by Crippen LogP contribution is -2.43. The second-order valence-electron chi connectivity index (χ2n) is 8.56. The van der Waals surface area contributed by atoms with E-state index in [2.05, 4.69) is 15.0 Å². The number of fused-ring (bicyclic) bond motifs is 2. The lowest BCUT2D eigenvalue weighted by atomic mass is 10.0. The van der Waals surface area contributed by atoms with Crippen molar-refractivity contribution in [2.45, 2.75) is 18.9 Å². The number of aliphatic imine (C=N–C) groups is 1. The van der Waals surface area contributed by atoms with Gasteiger partial charge in [0.2, 0.25) is 11.9 Å². The molecule has 0 spiro atoms. The predicted octanol–water partition coefficient (Wildman–Crippen LogP) is 2.51. The zero-order valence-electron chi connectivity index (χ0n) is 19.0. The standard InChI is InChI=1S/C24H26N8O2/c1-31(2)23(33)17-7-5-9-32(17)20-12-16(29-24(27)30-20)13-10-14(25)21-19(11-13)34-18-8-4-3-6-15(18)28-22(21)26/h3-4,6,8,10-12,17H,5,7,9,25H2,1-2H3,(H2,26,28)(H2,27,29,30). The molecule has 2 aliphatic rings. The van der Waals surface area contributed by atoms with Gasteiger partial charge in [0, 0.05) is 38.0 Å². The number of nitrogens with two attached hydrogens (primary N) is 3. The van der Waals surface area contributed by atoms with E-state index in [1.807, 2.05) is 41.3 Å². The molecule has 1 atom stereocenters. The lowest BCUT2D eigenvalue weighted by Gasteiger charge is -2.27. The molecular formula is C24H26N8O2. The van der Waals surface area contributed by atoms with Gasteiger partial charge in [-0.25, -0.2) is 9.98 Å². The highest BCUT2D eigenvalue weighted by atomic mass is 16.5. The Morgan fingerprint density at radius 1 is 1.09 bits per heavy atom. The van der Waals surface area contributed by atoms with Gasteiger partial charge < -0.3 is 31.7 Å². The van der Waals surface area contributed by atoms with Crippen LogP contribution in [0.25, 0.3) is 11.3 Å². The molecule has 34 heavy (non-hydrogen) atoms. The Hall–Kier alpha value is -4.34. The van der Waals surface area contributed by atoms with Crippen molar-refractivity contribution in [3.05, 3.63) is 48.0 Å². The second kappa shape index (κ2) is 8.22. The summed E-state index contributed by atoms with van der Waals surface area (Å²) in [5.41, 5.74) is 21.5. The number of nitrogen functional groups attached to an aromatic ring is 2. The Morgan fingerprint density at radius 2 is 1.88 bits per heavy atom. The number of likely N-dealkylation sites (N-methyl/N-ethyl adjacent to an activating group) is 1. The summed E-state index contributed by atoms with van der Waals surface area (Å²) < 4.78 is 6.14. The van der Waals surface area contributed by atoms with E-state index in [1.54, 1.807) is 25.1 Å². The number of para-hydroxylation sites is 2. The van der Waals surface area contributed by atoms with Crippen LogP contribution in [0.1, 0.15) is 18.4 Å². The van der Waals surface area contributed by atoms with Crippen LogP contribution in [0, 0.1) is 0 Å². The van der Waals surface area contributed by atoms with Crippen LogP contribution in [-0.4, -0.2) is 53.3 Å². The SMILES string of the molecule is CN(C)C(=O)C1CCCN1c1cc(-c2cc(N)c3c(c2)Oc2ccccc2N=C3N)nc(N)n1. The van der Waals surface area contributed by atoms with Gasteiger partial charge in [0.1, 0.15) is 29.1 Å². The van der Waals surface area contributed by atoms with Crippen LogP contribution in [0.4, 0.5) is 23.1 Å². The Balaban J connectivity index is 1.57. The lowest BCUT2D eigenvalue weighted by molar-refractivity contribution is -0.129. The van der Waals surface area contributed by atoms with Crippen molar-refractivity contribution < 1.29 is 9.53 Å². The molecule has 0 saturated carbocycles. The van der Waals surface area contributed by atoms with E-state index in [9.17, 15) is 4.79 Å². The van der Waals surface area contributed by atoms with Gasteiger partial charge in [-0.3, -0.25) is 4.79 Å². The number of amidine groups is 1. The molecule has 2 aliphatic heterocycles. The van der Waals surface area contributed by atoms with Gasteiger partial charge in [-0.05, 0) is 37.1 Å². The molecule has 10 nitrogen and oxygen atoms in total. The van der Waals surface area contributed by atoms with Gasteiger partial charge in [-0.1, -0.05) is 12.1 Å². The summed E-state index contributed by atoms with van der Waals surface area (Å²) in [6.07, 6.45) is 1.65. The molecule has 174 valence electrons. The van der Waals surface area contributed by atoms with E-state index in [-0.39, 0.29) is 23.7 Å². The maximum atomic E-state index is 12.7. The fraction of sp³-hybridized carbons (Fsp3) is 0.250. The first-order chi connectivity index (χ1) is 16.3. The number of nitrogens with zero attached hydrogens (tertiary/aromatic N) is 5. The average molecular weight is 459 g/mol. The van der Waals surface area contributed by atoms with Crippen molar-refractivity contribution in [1.82, 2.24) is 14.9 Å². The van der Waals surface area contributed by atoms with E-state index >= 15 is 0 Å². The van der Waals surface area contributed by atoms with E-state index in [0.717, 1.165) is 12.8 Å². The summed E-state index contributed by atoms with van der Waals surface area (Å²) in [4.78, 5) is 29.6. The van der Waals surface area contributed by atoms with Crippen molar-refractivity contribution in [3.8, 4) is 22.8 Å². The molecule has 3 heterocycles. The van der Waals surface area contributed by atoms with Crippen LogP contribution in [-0.2, 0) is 4.79 Å². The molecule has 0 aliphatic carbocycles. The maximum absolute atomic E-state index is 12.7. The van der Waals surface area contributed by atoms with Crippen molar-refractivity contribution in [2.24, 2.45) is 10.7 Å². The van der Waals surface area contributed by atoms with Crippen LogP contribution in [0.2, 0.25) is 0 Å². The summed E-state index contributed by atoms with van der Waals surface area (Å²) in [7, 11) is 3.51. The van der Waals surface area contributed by atoms with Crippen molar-refractivity contribution in [3.63, 3.8) is 0 Å². The van der Waals surface area contributed by atoms with E-state index < -0.39 is 0 Å². The first-order valence-corrected chi connectivity index (χ1v) is 11.0. The summed E-state index contributed by atoms with van der Waals surface area (Å²) >= 11 is 0. The topological polar surface area (TPSA) is 149 Å². The Morgan fingerprint density at radius 3 is 2.68 bits per heavy atom. The van der Waals surface area contributed by atoms with Gasteiger partial charge in [-0.15, -0.1) is 0 Å². The average Bonchev–Trinajstić information content (AvgIpc) is 3.23. The molecule has 10 heteroatoms. The number of ether oxygens (including phenoxy) is 1. The number of carbonyl (C=O) groups excluding carboxylic acids is 1. The highest BCUT2D eigenvalue weighted by Gasteiger charge is 2.33. The smallest absolute Gasteiger partial charge is 0.244 e. The van der Waals surface area contributed by atoms with E-state index in [1.165, 1.54) is 0 Å². The Kier molecular flexibility index (Phi) is 5.20. The van der Waals surface area contributed by atoms with Gasteiger partial charge in [0.25, 0.3) is 0 Å². The molecule has 1 saturated heterocycles. The number of carbonyl (C=O) groups is 1. The quantitative estimate of drug-likeness (QED) is 0.507. The molecule has 1 unspecified atom stereocenters. The Labute approximate surface area is 197 Å². The third kappa shape index (κ3) is 3.72. The van der Waals surface area contributed by atoms with Gasteiger partial charge in [0.05, 0.1) is 11.3 Å². The van der Waals surface area contributed by atoms with Crippen LogP contribution < -0.4 is 26.8 Å². The molecule has 2 aromatic carbocycles. The zero-order valence-corrected chi connectivity index (χ0v) is 19.0. The Bertz CT molecular complexity index is 1320. The molecule has 1 amide bonds. The minimum Gasteiger partial charge on any atom is -0.454 e. The fourth-order valence-electron chi connectivity index (χ4n) is 4.42. The summed E-state index contributed by atoms with van der Waals surface area (Å²) in [6.45, 7) is 0.708. The molecule has 0 bridgehead atoms. The number of anilines is 3. The summed E-state index contributed by atoms with van der Waals surface area (Å²) in [5.74, 6) is 2.06. The molecule has 5 rings (SSSR count). The van der Waals surface area contributed by atoms with Gasteiger partial charge >= 0.3 is 0 Å². The largest absolute Gasteiger partial charge is 0.454 e. The first kappa shape index (κ1) is 21.5. The van der Waals surface area contributed by atoms with E-state index in [0.29, 0.717) is 52.1 Å². The number of amides is 1. The molecule has 3 aromatic rings. The fourth-order valence-corrected chi connectivity index (χ4v) is 4.42. The minimum absolute atomic E-state index is 0.0346. The highest BCUT2D eigenvalue weighted by Crippen LogP contribution is 2.41. The zero-order chi connectivity index (χ0) is 24.0. The molecule has 6 N–H and O–H groups in total. The summed E-state index contributed by atoms with van der Waals surface area (Å²) in [5, 5.41) is 0. The number of hydrogen-bond donors (Lipinski definition) is 3. The molecule has 1 aromatic heterocycles. The third-order valence-electron chi connectivity index (χ3n) is 6.01.